The van der Waals surface area contributed by atoms with Crippen molar-refractivity contribution in [3.8, 4) is 0 Å². The summed E-state index contributed by atoms with van der Waals surface area (Å²) in [6.45, 7) is 1.74. The molecule has 1 aromatic rings. The maximum Gasteiger partial charge on any atom is 0.232 e. The maximum absolute atomic E-state index is 13.2. The number of β-lactam (4-membered cyclic amide) rings is 1. The second-order valence-corrected chi connectivity index (χ2v) is 7.28. The minimum Gasteiger partial charge on any atom is -0.393 e. The second-order valence-electron chi connectivity index (χ2n) is 7.28. The SMILES string of the molecule is C[C@@H](O)CCC1C(=O)N(c2ccc(F)cc2)[C@@H]1C1CCC(O)CC1. The Morgan fingerprint density at radius 3 is 2.42 bits per heavy atom. The molecule has 3 atom stereocenters. The number of amides is 1. The molecule has 1 aliphatic carbocycles. The van der Waals surface area contributed by atoms with Gasteiger partial charge >= 0.3 is 0 Å². The van der Waals surface area contributed by atoms with Gasteiger partial charge in [0.15, 0.2) is 0 Å². The third-order valence-corrected chi connectivity index (χ3v) is 5.49. The van der Waals surface area contributed by atoms with Crippen LogP contribution in [0, 0.1) is 17.7 Å². The molecule has 132 valence electrons. The summed E-state index contributed by atoms with van der Waals surface area (Å²) in [4.78, 5) is 14.5. The van der Waals surface area contributed by atoms with E-state index in [4.69, 9.17) is 0 Å². The van der Waals surface area contributed by atoms with Crippen LogP contribution in [0.15, 0.2) is 24.3 Å². The van der Waals surface area contributed by atoms with Gasteiger partial charge in [-0.25, -0.2) is 4.39 Å². The lowest BCUT2D eigenvalue weighted by molar-refractivity contribution is -0.132. The van der Waals surface area contributed by atoms with Crippen molar-refractivity contribution >= 4 is 11.6 Å². The molecule has 2 N–H and O–H groups in total. The molecule has 24 heavy (non-hydrogen) atoms. The molecular weight excluding hydrogens is 309 g/mol. The highest BCUT2D eigenvalue weighted by Crippen LogP contribution is 2.44. The standard InChI is InChI=1S/C19H26FNO3/c1-12(22)2-11-17-18(13-3-9-16(23)10-4-13)21(19(17)24)15-7-5-14(20)6-8-15/h5-8,12-13,16-18,22-23H,2-4,9-11H2,1H3/t12-,13?,16?,17?,18-/m1/s1. The molecule has 0 radical (unpaired) electrons. The topological polar surface area (TPSA) is 60.8 Å². The largest absolute Gasteiger partial charge is 0.393 e. The zero-order valence-electron chi connectivity index (χ0n) is 14.1. The average Bonchev–Trinajstić information content (AvgIpc) is 2.55. The number of rotatable bonds is 5. The molecule has 2 aliphatic rings. The van der Waals surface area contributed by atoms with Crippen molar-refractivity contribution in [1.82, 2.24) is 0 Å². The molecule has 1 saturated carbocycles. The van der Waals surface area contributed by atoms with E-state index < -0.39 is 6.10 Å². The zero-order chi connectivity index (χ0) is 17.3. The fourth-order valence-electron chi connectivity index (χ4n) is 4.17. The Labute approximate surface area is 142 Å². The third-order valence-electron chi connectivity index (χ3n) is 5.49. The van der Waals surface area contributed by atoms with Crippen LogP contribution in [0.3, 0.4) is 0 Å². The Morgan fingerprint density at radius 2 is 1.83 bits per heavy atom. The summed E-state index contributed by atoms with van der Waals surface area (Å²) in [5, 5.41) is 19.3. The first-order valence-electron chi connectivity index (χ1n) is 8.92. The van der Waals surface area contributed by atoms with Gasteiger partial charge < -0.3 is 15.1 Å². The molecule has 5 heteroatoms. The molecule has 1 saturated heterocycles. The maximum atomic E-state index is 13.2. The molecule has 3 rings (SSSR count). The highest BCUT2D eigenvalue weighted by atomic mass is 19.1. The molecule has 1 aliphatic heterocycles. The predicted octanol–water partition coefficient (Wildman–Crippen LogP) is 2.87. The van der Waals surface area contributed by atoms with Gasteiger partial charge in [-0.1, -0.05) is 0 Å². The number of anilines is 1. The summed E-state index contributed by atoms with van der Waals surface area (Å²) in [6.07, 6.45) is 4.01. The second kappa shape index (κ2) is 7.19. The van der Waals surface area contributed by atoms with Crippen LogP contribution in [0.5, 0.6) is 0 Å². The summed E-state index contributed by atoms with van der Waals surface area (Å²) in [7, 11) is 0. The number of aliphatic hydroxyl groups is 2. The molecule has 1 unspecified atom stereocenters. The van der Waals surface area contributed by atoms with E-state index in [0.29, 0.717) is 18.8 Å². The van der Waals surface area contributed by atoms with Gasteiger partial charge in [0.25, 0.3) is 0 Å². The number of hydrogen-bond acceptors (Lipinski definition) is 3. The monoisotopic (exact) mass is 335 g/mol. The number of nitrogens with zero attached hydrogens (tertiary/aromatic N) is 1. The van der Waals surface area contributed by atoms with E-state index in [1.165, 1.54) is 12.1 Å². The van der Waals surface area contributed by atoms with E-state index in [1.54, 1.807) is 24.0 Å². The van der Waals surface area contributed by atoms with Crippen molar-refractivity contribution in [1.29, 1.82) is 0 Å². The zero-order valence-corrected chi connectivity index (χ0v) is 14.1. The van der Waals surface area contributed by atoms with Gasteiger partial charge in [-0.2, -0.15) is 0 Å². The number of carbonyl (C=O) groups excluding carboxylic acids is 1. The minimum absolute atomic E-state index is 0.0679. The number of hydrogen-bond donors (Lipinski definition) is 2. The summed E-state index contributed by atoms with van der Waals surface area (Å²) < 4.78 is 13.2. The Kier molecular flexibility index (Phi) is 5.21. The lowest BCUT2D eigenvalue weighted by Crippen LogP contribution is -2.64. The molecule has 2 fully saturated rings. The van der Waals surface area contributed by atoms with Crippen molar-refractivity contribution in [2.24, 2.45) is 11.8 Å². The fourth-order valence-corrected chi connectivity index (χ4v) is 4.17. The normalized spacial score (nSPS) is 31.7. The molecule has 4 nitrogen and oxygen atoms in total. The quantitative estimate of drug-likeness (QED) is 0.814. The highest BCUT2D eigenvalue weighted by Gasteiger charge is 2.51. The van der Waals surface area contributed by atoms with Crippen LogP contribution < -0.4 is 4.90 Å². The van der Waals surface area contributed by atoms with Crippen LogP contribution in [-0.4, -0.2) is 34.4 Å². The van der Waals surface area contributed by atoms with Gasteiger partial charge in [0, 0.05) is 5.69 Å². The van der Waals surface area contributed by atoms with E-state index in [2.05, 4.69) is 0 Å². The number of aliphatic hydroxyl groups excluding tert-OH is 2. The van der Waals surface area contributed by atoms with Crippen molar-refractivity contribution in [3.05, 3.63) is 30.1 Å². The van der Waals surface area contributed by atoms with Crippen LogP contribution in [0.1, 0.15) is 45.4 Å². The lowest BCUT2D eigenvalue weighted by Gasteiger charge is -2.52. The van der Waals surface area contributed by atoms with E-state index in [-0.39, 0.29) is 29.8 Å². The highest BCUT2D eigenvalue weighted by molar-refractivity contribution is 6.03. The number of benzene rings is 1. The lowest BCUT2D eigenvalue weighted by atomic mass is 9.70. The fraction of sp³-hybridized carbons (Fsp3) is 0.632. The summed E-state index contributed by atoms with van der Waals surface area (Å²) in [5.74, 6) is 0.0353. The Morgan fingerprint density at radius 1 is 1.21 bits per heavy atom. The smallest absolute Gasteiger partial charge is 0.232 e. The van der Waals surface area contributed by atoms with Crippen LogP contribution in [0.4, 0.5) is 10.1 Å². The Bertz CT molecular complexity index is 566. The van der Waals surface area contributed by atoms with Crippen molar-refractivity contribution in [2.75, 3.05) is 4.90 Å². The third kappa shape index (κ3) is 3.47. The first kappa shape index (κ1) is 17.4. The molecule has 0 aromatic heterocycles. The number of carbonyl (C=O) groups is 1. The van der Waals surface area contributed by atoms with Gasteiger partial charge in [-0.15, -0.1) is 0 Å². The summed E-state index contributed by atoms with van der Waals surface area (Å²) in [6, 6.07) is 6.17. The van der Waals surface area contributed by atoms with Crippen molar-refractivity contribution in [3.63, 3.8) is 0 Å². The van der Waals surface area contributed by atoms with E-state index in [1.807, 2.05) is 0 Å². The van der Waals surface area contributed by atoms with Gasteiger partial charge in [-0.3, -0.25) is 4.79 Å². The Balaban J connectivity index is 1.78. The van der Waals surface area contributed by atoms with Gasteiger partial charge in [0.2, 0.25) is 5.91 Å². The first-order valence-corrected chi connectivity index (χ1v) is 8.92. The molecule has 1 heterocycles. The molecule has 0 spiro atoms. The predicted molar refractivity (Wildman–Crippen MR) is 90.0 cm³/mol. The summed E-state index contributed by atoms with van der Waals surface area (Å²) in [5.41, 5.74) is 0.741. The van der Waals surface area contributed by atoms with Gasteiger partial charge in [-0.05, 0) is 75.6 Å². The van der Waals surface area contributed by atoms with Gasteiger partial charge in [0.05, 0.1) is 24.2 Å². The molecule has 1 aromatic carbocycles. The van der Waals surface area contributed by atoms with Crippen molar-refractivity contribution in [2.45, 2.75) is 63.7 Å². The van der Waals surface area contributed by atoms with Crippen molar-refractivity contribution < 1.29 is 19.4 Å². The van der Waals surface area contributed by atoms with E-state index >= 15 is 0 Å². The van der Waals surface area contributed by atoms with Gasteiger partial charge in [0.1, 0.15) is 5.82 Å². The van der Waals surface area contributed by atoms with Crippen LogP contribution in [0.2, 0.25) is 0 Å². The molecule has 1 amide bonds. The van der Waals surface area contributed by atoms with Crippen LogP contribution in [0.25, 0.3) is 0 Å². The van der Waals surface area contributed by atoms with E-state index in [0.717, 1.165) is 31.4 Å². The van der Waals surface area contributed by atoms with Crippen LogP contribution >= 0.6 is 0 Å². The number of halogens is 1. The first-order chi connectivity index (χ1) is 11.5. The van der Waals surface area contributed by atoms with Crippen LogP contribution in [-0.2, 0) is 4.79 Å². The summed E-state index contributed by atoms with van der Waals surface area (Å²) >= 11 is 0. The van der Waals surface area contributed by atoms with E-state index in [9.17, 15) is 19.4 Å². The Hall–Kier alpha value is -1.46. The molecular formula is C19H26FNO3. The molecule has 0 bridgehead atoms. The minimum atomic E-state index is -0.411. The average molecular weight is 335 g/mol.